The van der Waals surface area contributed by atoms with Gasteiger partial charge < -0.3 is 9.53 Å². The number of alkyl halides is 3. The van der Waals surface area contributed by atoms with Crippen LogP contribution in [0.5, 0.6) is 0 Å². The molecule has 1 atom stereocenters. The van der Waals surface area contributed by atoms with Crippen LogP contribution in [-0.4, -0.2) is 23.8 Å². The molecule has 18 heavy (non-hydrogen) atoms. The number of esters is 1. The van der Waals surface area contributed by atoms with Crippen molar-refractivity contribution in [2.75, 3.05) is 6.61 Å². The van der Waals surface area contributed by atoms with Gasteiger partial charge in [0.1, 0.15) is 17.9 Å². The minimum atomic E-state index is -4.56. The van der Waals surface area contributed by atoms with Crippen LogP contribution in [0.15, 0.2) is 18.3 Å². The molecule has 0 saturated heterocycles. The van der Waals surface area contributed by atoms with E-state index >= 15 is 0 Å². The Morgan fingerprint density at radius 2 is 2.17 bits per heavy atom. The molecular weight excluding hydrogens is 251 g/mol. The van der Waals surface area contributed by atoms with E-state index < -0.39 is 23.8 Å². The van der Waals surface area contributed by atoms with E-state index in [1.165, 1.54) is 0 Å². The Kier molecular flexibility index (Phi) is 4.41. The normalized spacial score (nSPS) is 12.9. The number of aromatic nitrogens is 1. The van der Waals surface area contributed by atoms with Gasteiger partial charge in [0, 0.05) is 6.20 Å². The first-order chi connectivity index (χ1) is 8.40. The van der Waals surface area contributed by atoms with Crippen LogP contribution in [-0.2, 0) is 20.5 Å². The molecule has 1 aromatic heterocycles. The minimum absolute atomic E-state index is 0.0662. The standard InChI is InChI=1S/C11H10F3NO3/c1-2-18-10(17)8(6-16)7-3-4-9(15-5-7)11(12,13)14/h3-6,8H,2H2,1H3. The number of hydrogen-bond acceptors (Lipinski definition) is 4. The number of aldehydes is 1. The highest BCUT2D eigenvalue weighted by atomic mass is 19.4. The van der Waals surface area contributed by atoms with Crippen LogP contribution in [0.2, 0.25) is 0 Å². The molecular formula is C11H10F3NO3. The highest BCUT2D eigenvalue weighted by Crippen LogP contribution is 2.28. The van der Waals surface area contributed by atoms with Crippen molar-refractivity contribution in [3.05, 3.63) is 29.6 Å². The monoisotopic (exact) mass is 261 g/mol. The predicted octanol–water partition coefficient (Wildman–Crippen LogP) is 1.95. The summed E-state index contributed by atoms with van der Waals surface area (Å²) in [6.45, 7) is 1.64. The molecule has 1 unspecified atom stereocenters. The van der Waals surface area contributed by atoms with Crippen molar-refractivity contribution < 1.29 is 27.5 Å². The van der Waals surface area contributed by atoms with Gasteiger partial charge in [0.2, 0.25) is 0 Å². The lowest BCUT2D eigenvalue weighted by atomic mass is 10.0. The van der Waals surface area contributed by atoms with Crippen LogP contribution in [0.3, 0.4) is 0 Å². The molecule has 0 aliphatic heterocycles. The Labute approximate surface area is 101 Å². The van der Waals surface area contributed by atoms with E-state index in [0.717, 1.165) is 12.3 Å². The Morgan fingerprint density at radius 1 is 1.50 bits per heavy atom. The molecule has 0 bridgehead atoms. The van der Waals surface area contributed by atoms with Crippen molar-refractivity contribution in [1.29, 1.82) is 0 Å². The zero-order chi connectivity index (χ0) is 13.8. The first kappa shape index (κ1) is 14.1. The van der Waals surface area contributed by atoms with Gasteiger partial charge in [-0.15, -0.1) is 0 Å². The molecule has 4 nitrogen and oxygen atoms in total. The third-order valence-corrected chi connectivity index (χ3v) is 2.11. The second-order valence-corrected chi connectivity index (χ2v) is 3.34. The van der Waals surface area contributed by atoms with Crippen molar-refractivity contribution in [2.45, 2.75) is 19.0 Å². The summed E-state index contributed by atoms with van der Waals surface area (Å²) in [7, 11) is 0. The van der Waals surface area contributed by atoms with Gasteiger partial charge in [0.15, 0.2) is 0 Å². The van der Waals surface area contributed by atoms with Crippen molar-refractivity contribution in [3.8, 4) is 0 Å². The maximum atomic E-state index is 12.3. The van der Waals surface area contributed by atoms with E-state index in [1.54, 1.807) is 6.92 Å². The lowest BCUT2D eigenvalue weighted by molar-refractivity contribution is -0.146. The molecule has 0 spiro atoms. The molecule has 0 N–H and O–H groups in total. The summed E-state index contributed by atoms with van der Waals surface area (Å²) >= 11 is 0. The molecule has 0 aliphatic carbocycles. The van der Waals surface area contributed by atoms with Gasteiger partial charge in [-0.05, 0) is 18.6 Å². The lowest BCUT2D eigenvalue weighted by Crippen LogP contribution is -2.18. The van der Waals surface area contributed by atoms with Gasteiger partial charge in [-0.25, -0.2) is 0 Å². The maximum absolute atomic E-state index is 12.3. The van der Waals surface area contributed by atoms with Crippen molar-refractivity contribution in [2.24, 2.45) is 0 Å². The number of carbonyl (C=O) groups is 2. The average Bonchev–Trinajstić information content (AvgIpc) is 2.30. The van der Waals surface area contributed by atoms with Crippen molar-refractivity contribution >= 4 is 12.3 Å². The van der Waals surface area contributed by atoms with Gasteiger partial charge in [0.25, 0.3) is 0 Å². The summed E-state index contributed by atoms with van der Waals surface area (Å²) in [5.41, 5.74) is -1.02. The van der Waals surface area contributed by atoms with Gasteiger partial charge in [-0.1, -0.05) is 6.07 Å². The maximum Gasteiger partial charge on any atom is 0.433 e. The summed E-state index contributed by atoms with van der Waals surface area (Å²) in [5.74, 6) is -2.06. The van der Waals surface area contributed by atoms with E-state index in [1.807, 2.05) is 0 Å². The molecule has 1 aromatic rings. The van der Waals surface area contributed by atoms with Crippen LogP contribution < -0.4 is 0 Å². The fourth-order valence-electron chi connectivity index (χ4n) is 1.26. The number of nitrogens with zero attached hydrogens (tertiary/aromatic N) is 1. The van der Waals surface area contributed by atoms with Crippen LogP contribution >= 0.6 is 0 Å². The molecule has 98 valence electrons. The van der Waals surface area contributed by atoms with Crippen LogP contribution in [0.4, 0.5) is 13.2 Å². The van der Waals surface area contributed by atoms with E-state index in [2.05, 4.69) is 9.72 Å². The van der Waals surface area contributed by atoms with E-state index in [4.69, 9.17) is 0 Å². The molecule has 0 amide bonds. The zero-order valence-corrected chi connectivity index (χ0v) is 9.40. The molecule has 0 radical (unpaired) electrons. The fraction of sp³-hybridized carbons (Fsp3) is 0.364. The molecule has 1 rings (SSSR count). The Morgan fingerprint density at radius 3 is 2.56 bits per heavy atom. The van der Waals surface area contributed by atoms with Crippen LogP contribution in [0, 0.1) is 0 Å². The number of halogens is 3. The van der Waals surface area contributed by atoms with Crippen LogP contribution in [0.1, 0.15) is 24.1 Å². The van der Waals surface area contributed by atoms with Gasteiger partial charge in [-0.3, -0.25) is 9.78 Å². The zero-order valence-electron chi connectivity index (χ0n) is 9.40. The van der Waals surface area contributed by atoms with E-state index in [9.17, 15) is 22.8 Å². The number of hydrogen-bond donors (Lipinski definition) is 0. The third kappa shape index (κ3) is 3.28. The van der Waals surface area contributed by atoms with Gasteiger partial charge in [-0.2, -0.15) is 13.2 Å². The number of carbonyl (C=O) groups excluding carboxylic acids is 2. The topological polar surface area (TPSA) is 56.3 Å². The molecule has 7 heteroatoms. The molecule has 0 aliphatic rings. The van der Waals surface area contributed by atoms with Gasteiger partial charge >= 0.3 is 12.1 Å². The summed E-state index contributed by atoms with van der Waals surface area (Å²) < 4.78 is 41.4. The quantitative estimate of drug-likeness (QED) is 0.472. The second-order valence-electron chi connectivity index (χ2n) is 3.34. The first-order valence-electron chi connectivity index (χ1n) is 5.05. The average molecular weight is 261 g/mol. The summed E-state index contributed by atoms with van der Waals surface area (Å²) in [6.07, 6.45) is -3.40. The summed E-state index contributed by atoms with van der Waals surface area (Å²) in [4.78, 5) is 25.3. The number of rotatable bonds is 4. The number of ether oxygens (including phenoxy) is 1. The minimum Gasteiger partial charge on any atom is -0.465 e. The summed E-state index contributed by atoms with van der Waals surface area (Å²) in [6, 6.07) is 1.75. The number of pyridine rings is 1. The molecule has 0 aromatic carbocycles. The van der Waals surface area contributed by atoms with Gasteiger partial charge in [0.05, 0.1) is 6.61 Å². The fourth-order valence-corrected chi connectivity index (χ4v) is 1.26. The van der Waals surface area contributed by atoms with E-state index in [0.29, 0.717) is 12.4 Å². The third-order valence-electron chi connectivity index (χ3n) is 2.11. The predicted molar refractivity (Wildman–Crippen MR) is 54.7 cm³/mol. The SMILES string of the molecule is CCOC(=O)C(C=O)c1ccc(C(F)(F)F)nc1. The lowest BCUT2D eigenvalue weighted by Gasteiger charge is -2.10. The highest BCUT2D eigenvalue weighted by molar-refractivity contribution is 5.94. The summed E-state index contributed by atoms with van der Waals surface area (Å²) in [5, 5.41) is 0. The Balaban J connectivity index is 2.96. The van der Waals surface area contributed by atoms with Crippen molar-refractivity contribution in [3.63, 3.8) is 0 Å². The largest absolute Gasteiger partial charge is 0.465 e. The Bertz CT molecular complexity index is 428. The second kappa shape index (κ2) is 5.61. The molecule has 0 fully saturated rings. The molecule has 0 saturated carbocycles. The first-order valence-corrected chi connectivity index (χ1v) is 5.05. The van der Waals surface area contributed by atoms with E-state index in [-0.39, 0.29) is 12.2 Å². The highest BCUT2D eigenvalue weighted by Gasteiger charge is 2.32. The Hall–Kier alpha value is -1.92. The van der Waals surface area contributed by atoms with Crippen molar-refractivity contribution in [1.82, 2.24) is 4.98 Å². The molecule has 1 heterocycles. The van der Waals surface area contributed by atoms with Crippen LogP contribution in [0.25, 0.3) is 0 Å². The smallest absolute Gasteiger partial charge is 0.433 e.